The highest BCUT2D eigenvalue weighted by Crippen LogP contribution is 2.42. The summed E-state index contributed by atoms with van der Waals surface area (Å²) in [5.74, 6) is 1.30. The molecule has 0 saturated carbocycles. The maximum atomic E-state index is 12.9. The van der Waals surface area contributed by atoms with Gasteiger partial charge in [0, 0.05) is 27.8 Å². The van der Waals surface area contributed by atoms with Crippen LogP contribution in [0.1, 0.15) is 16.1 Å². The van der Waals surface area contributed by atoms with Gasteiger partial charge >= 0.3 is 0 Å². The van der Waals surface area contributed by atoms with Crippen LogP contribution in [-0.4, -0.2) is 30.3 Å². The van der Waals surface area contributed by atoms with E-state index in [0.29, 0.717) is 33.7 Å². The Kier molecular flexibility index (Phi) is 4.72. The number of hydrogen-bond donors (Lipinski definition) is 2. The molecule has 2 aromatic carbocycles. The Morgan fingerprint density at radius 3 is 2.78 bits per heavy atom. The molecule has 8 heteroatoms. The number of carbonyl (C=O) groups excluding carboxylic acids is 1. The second-order valence-electron chi connectivity index (χ2n) is 5.85. The summed E-state index contributed by atoms with van der Waals surface area (Å²) < 4.78 is 10.5. The lowest BCUT2D eigenvalue weighted by Gasteiger charge is -2.16. The molecule has 1 amide bonds. The van der Waals surface area contributed by atoms with Gasteiger partial charge in [-0.15, -0.1) is 11.8 Å². The summed E-state index contributed by atoms with van der Waals surface area (Å²) in [5.41, 5.74) is 3.62. The molecule has 6 nitrogen and oxygen atoms in total. The number of aromatic amines is 1. The third kappa shape index (κ3) is 3.13. The van der Waals surface area contributed by atoms with E-state index in [1.165, 1.54) is 14.2 Å². The van der Waals surface area contributed by atoms with Crippen LogP contribution in [0.2, 0.25) is 5.02 Å². The largest absolute Gasteiger partial charge is 0.495 e. The van der Waals surface area contributed by atoms with E-state index in [1.54, 1.807) is 23.9 Å². The number of ether oxygens (including phenoxy) is 2. The van der Waals surface area contributed by atoms with Gasteiger partial charge in [-0.2, -0.15) is 5.10 Å². The number of hydrogen-bond acceptors (Lipinski definition) is 5. The van der Waals surface area contributed by atoms with Crippen molar-refractivity contribution in [3.05, 3.63) is 52.7 Å². The predicted octanol–water partition coefficient (Wildman–Crippen LogP) is 4.61. The molecular formula is C19H16ClN3O3S. The van der Waals surface area contributed by atoms with E-state index in [2.05, 4.69) is 21.6 Å². The molecule has 2 N–H and O–H groups in total. The van der Waals surface area contributed by atoms with Crippen molar-refractivity contribution < 1.29 is 14.3 Å². The average Bonchev–Trinajstić information content (AvgIpc) is 3.13. The lowest BCUT2D eigenvalue weighted by molar-refractivity contribution is 0.102. The number of halogens is 1. The molecule has 0 spiro atoms. The Labute approximate surface area is 165 Å². The predicted molar refractivity (Wildman–Crippen MR) is 106 cm³/mol. The fraction of sp³-hybridized carbons (Fsp3) is 0.158. The quantitative estimate of drug-likeness (QED) is 0.667. The maximum Gasteiger partial charge on any atom is 0.274 e. The number of nitrogens with zero attached hydrogens (tertiary/aromatic N) is 1. The molecule has 4 rings (SSSR count). The van der Waals surface area contributed by atoms with Crippen LogP contribution in [0, 0.1) is 0 Å². The second-order valence-corrected chi connectivity index (χ2v) is 7.28. The van der Waals surface area contributed by atoms with Crippen LogP contribution in [0.5, 0.6) is 11.5 Å². The maximum absolute atomic E-state index is 12.9. The highest BCUT2D eigenvalue weighted by atomic mass is 35.5. The van der Waals surface area contributed by atoms with Crippen molar-refractivity contribution in [2.45, 2.75) is 10.6 Å². The summed E-state index contributed by atoms with van der Waals surface area (Å²) in [6.45, 7) is 0. The SMILES string of the molecule is COc1cc(OC)c(NC(=O)c2[nH]nc3c2CSc2ccccc2-3)cc1Cl. The van der Waals surface area contributed by atoms with E-state index in [0.717, 1.165) is 21.7 Å². The van der Waals surface area contributed by atoms with Gasteiger partial charge in [0.2, 0.25) is 0 Å². The Morgan fingerprint density at radius 1 is 1.22 bits per heavy atom. The van der Waals surface area contributed by atoms with E-state index >= 15 is 0 Å². The van der Waals surface area contributed by atoms with E-state index in [1.807, 2.05) is 18.2 Å². The van der Waals surface area contributed by atoms with Gasteiger partial charge in [0.25, 0.3) is 5.91 Å². The summed E-state index contributed by atoms with van der Waals surface area (Å²) >= 11 is 7.87. The van der Waals surface area contributed by atoms with E-state index in [-0.39, 0.29) is 5.91 Å². The first kappa shape index (κ1) is 17.8. The van der Waals surface area contributed by atoms with Gasteiger partial charge in [-0.25, -0.2) is 0 Å². The summed E-state index contributed by atoms with van der Waals surface area (Å²) in [7, 11) is 3.04. The van der Waals surface area contributed by atoms with Gasteiger partial charge in [-0.05, 0) is 12.1 Å². The van der Waals surface area contributed by atoms with Crippen molar-refractivity contribution in [2.75, 3.05) is 19.5 Å². The molecule has 1 aliphatic rings. The topological polar surface area (TPSA) is 76.2 Å². The number of rotatable bonds is 4. The monoisotopic (exact) mass is 401 g/mol. The fourth-order valence-electron chi connectivity index (χ4n) is 3.00. The third-order valence-corrected chi connectivity index (χ3v) is 5.73. The highest BCUT2D eigenvalue weighted by molar-refractivity contribution is 7.98. The number of anilines is 1. The van der Waals surface area contributed by atoms with E-state index < -0.39 is 0 Å². The fourth-order valence-corrected chi connectivity index (χ4v) is 4.31. The van der Waals surface area contributed by atoms with Crippen LogP contribution in [0.15, 0.2) is 41.3 Å². The summed E-state index contributed by atoms with van der Waals surface area (Å²) in [5, 5.41) is 10.5. The molecular weight excluding hydrogens is 386 g/mol. The van der Waals surface area contributed by atoms with Crippen LogP contribution in [-0.2, 0) is 5.75 Å². The Bertz CT molecular complexity index is 1040. The number of methoxy groups -OCH3 is 2. The van der Waals surface area contributed by atoms with Gasteiger partial charge in [0.1, 0.15) is 17.2 Å². The van der Waals surface area contributed by atoms with Crippen molar-refractivity contribution in [1.29, 1.82) is 0 Å². The number of aromatic nitrogens is 2. The minimum atomic E-state index is -0.303. The molecule has 1 aromatic heterocycles. The van der Waals surface area contributed by atoms with Crippen molar-refractivity contribution >= 4 is 35.0 Å². The van der Waals surface area contributed by atoms with Gasteiger partial charge in [-0.1, -0.05) is 29.8 Å². The summed E-state index contributed by atoms with van der Waals surface area (Å²) in [6.07, 6.45) is 0. The van der Waals surface area contributed by atoms with Crippen molar-refractivity contribution in [2.24, 2.45) is 0 Å². The molecule has 0 bridgehead atoms. The van der Waals surface area contributed by atoms with Crippen molar-refractivity contribution in [1.82, 2.24) is 10.2 Å². The molecule has 0 radical (unpaired) electrons. The molecule has 0 aliphatic carbocycles. The summed E-state index contributed by atoms with van der Waals surface area (Å²) in [6, 6.07) is 11.3. The highest BCUT2D eigenvalue weighted by Gasteiger charge is 2.26. The molecule has 27 heavy (non-hydrogen) atoms. The minimum Gasteiger partial charge on any atom is -0.495 e. The molecule has 0 fully saturated rings. The number of thioether (sulfide) groups is 1. The Hall–Kier alpha value is -2.64. The third-order valence-electron chi connectivity index (χ3n) is 4.33. The molecule has 138 valence electrons. The molecule has 2 heterocycles. The van der Waals surface area contributed by atoms with Crippen LogP contribution in [0.4, 0.5) is 5.69 Å². The normalized spacial score (nSPS) is 12.1. The zero-order chi connectivity index (χ0) is 19.0. The number of amides is 1. The van der Waals surface area contributed by atoms with Crippen LogP contribution >= 0.6 is 23.4 Å². The molecule has 0 unspecified atom stereocenters. The lowest BCUT2D eigenvalue weighted by atomic mass is 10.1. The van der Waals surface area contributed by atoms with E-state index in [9.17, 15) is 4.79 Å². The minimum absolute atomic E-state index is 0.303. The van der Waals surface area contributed by atoms with Crippen LogP contribution in [0.3, 0.4) is 0 Å². The zero-order valence-corrected chi connectivity index (χ0v) is 16.2. The molecule has 0 saturated heterocycles. The van der Waals surface area contributed by atoms with Crippen LogP contribution in [0.25, 0.3) is 11.3 Å². The van der Waals surface area contributed by atoms with Gasteiger partial charge in [-0.3, -0.25) is 9.89 Å². The van der Waals surface area contributed by atoms with Crippen LogP contribution < -0.4 is 14.8 Å². The standard InChI is InChI=1S/C19H16ClN3O3S/c1-25-14-8-15(26-2)13(7-12(14)20)21-19(24)18-11-9-27-16-6-4-3-5-10(16)17(11)22-23-18/h3-8H,9H2,1-2H3,(H,21,24)(H,22,23). The summed E-state index contributed by atoms with van der Waals surface area (Å²) in [4.78, 5) is 14.0. The van der Waals surface area contributed by atoms with Crippen molar-refractivity contribution in [3.63, 3.8) is 0 Å². The first-order valence-electron chi connectivity index (χ1n) is 8.14. The Balaban J connectivity index is 1.67. The van der Waals surface area contributed by atoms with Gasteiger partial charge in [0.15, 0.2) is 0 Å². The van der Waals surface area contributed by atoms with Gasteiger partial charge < -0.3 is 14.8 Å². The van der Waals surface area contributed by atoms with E-state index in [4.69, 9.17) is 21.1 Å². The molecule has 3 aromatic rings. The number of fused-ring (bicyclic) bond motifs is 3. The first-order valence-corrected chi connectivity index (χ1v) is 9.51. The van der Waals surface area contributed by atoms with Crippen molar-refractivity contribution in [3.8, 4) is 22.8 Å². The number of carbonyl (C=O) groups is 1. The average molecular weight is 402 g/mol. The smallest absolute Gasteiger partial charge is 0.274 e. The zero-order valence-electron chi connectivity index (χ0n) is 14.6. The van der Waals surface area contributed by atoms with Gasteiger partial charge in [0.05, 0.1) is 30.6 Å². The first-order chi connectivity index (χ1) is 13.1. The number of benzene rings is 2. The number of nitrogens with one attached hydrogen (secondary N) is 2. The Morgan fingerprint density at radius 2 is 2.00 bits per heavy atom. The lowest BCUT2D eigenvalue weighted by Crippen LogP contribution is -2.15. The molecule has 0 atom stereocenters. The number of H-pyrrole nitrogens is 1. The second kappa shape index (κ2) is 7.17. The molecule has 1 aliphatic heterocycles.